The van der Waals surface area contributed by atoms with Gasteiger partial charge < -0.3 is 15.2 Å². The lowest BCUT2D eigenvalue weighted by atomic mass is 10.1. The molecule has 0 fully saturated rings. The van der Waals surface area contributed by atoms with E-state index in [4.69, 9.17) is 0 Å². The van der Waals surface area contributed by atoms with E-state index in [0.717, 1.165) is 16.6 Å². The molecule has 0 bridgehead atoms. The largest absolute Gasteiger partial charge is 0.358 e. The molecule has 3 aromatic rings. The first-order valence-electron chi connectivity index (χ1n) is 8.03. The molecule has 2 aromatic heterocycles. The Labute approximate surface area is 146 Å². The molecule has 0 spiro atoms. The number of aromatic nitrogens is 1. The second-order valence-corrected chi connectivity index (χ2v) is 7.16. The molecule has 1 aromatic carbocycles. The highest BCUT2D eigenvalue weighted by Crippen LogP contribution is 2.23. The molecule has 0 aliphatic rings. The van der Waals surface area contributed by atoms with E-state index in [1.807, 2.05) is 32.3 Å². The summed E-state index contributed by atoms with van der Waals surface area (Å²) >= 11 is 1.68. The van der Waals surface area contributed by atoms with Crippen LogP contribution in [-0.4, -0.2) is 36.4 Å². The maximum Gasteiger partial charge on any atom is 0.251 e. The fraction of sp³-hybridized carbons (Fsp3) is 0.316. The summed E-state index contributed by atoms with van der Waals surface area (Å²) in [5.74, 6) is -0.0303. The van der Waals surface area contributed by atoms with Crippen LogP contribution < -0.4 is 5.32 Å². The standard InChI is InChI=1S/C19H23N3OS/c1-12-13(2)21-17-6-5-14(9-16(12)17)19(23)20-10-18(22(3)4)15-7-8-24-11-15/h5-9,11,18,21H,10H2,1-4H3,(H,20,23)/t18-/m1/s1. The molecular weight excluding hydrogens is 318 g/mol. The van der Waals surface area contributed by atoms with Crippen LogP contribution in [-0.2, 0) is 0 Å². The van der Waals surface area contributed by atoms with E-state index >= 15 is 0 Å². The van der Waals surface area contributed by atoms with Gasteiger partial charge in [-0.05, 0) is 74.1 Å². The van der Waals surface area contributed by atoms with E-state index in [2.05, 4.69) is 45.9 Å². The van der Waals surface area contributed by atoms with Gasteiger partial charge in [-0.1, -0.05) is 0 Å². The number of aryl methyl sites for hydroxylation is 2. The first-order chi connectivity index (χ1) is 11.5. The zero-order chi connectivity index (χ0) is 17.3. The Kier molecular flexibility index (Phi) is 4.73. The lowest BCUT2D eigenvalue weighted by Crippen LogP contribution is -2.34. The minimum atomic E-state index is -0.0303. The Morgan fingerprint density at radius 3 is 2.75 bits per heavy atom. The van der Waals surface area contributed by atoms with Gasteiger partial charge in [-0.25, -0.2) is 0 Å². The van der Waals surface area contributed by atoms with Crippen molar-refractivity contribution in [1.29, 1.82) is 0 Å². The molecule has 0 saturated carbocycles. The van der Waals surface area contributed by atoms with Gasteiger partial charge in [-0.2, -0.15) is 11.3 Å². The molecule has 4 nitrogen and oxygen atoms in total. The van der Waals surface area contributed by atoms with Crippen LogP contribution in [0.4, 0.5) is 0 Å². The number of carbonyl (C=O) groups is 1. The summed E-state index contributed by atoms with van der Waals surface area (Å²) in [5, 5.41) is 8.39. The summed E-state index contributed by atoms with van der Waals surface area (Å²) in [7, 11) is 4.07. The fourth-order valence-electron chi connectivity index (χ4n) is 2.96. The number of nitrogens with zero attached hydrogens (tertiary/aromatic N) is 1. The Hall–Kier alpha value is -2.11. The number of hydrogen-bond donors (Lipinski definition) is 2. The van der Waals surface area contributed by atoms with Crippen LogP contribution in [0.25, 0.3) is 10.9 Å². The summed E-state index contributed by atoms with van der Waals surface area (Å²) in [6.07, 6.45) is 0. The van der Waals surface area contributed by atoms with Crippen molar-refractivity contribution in [2.75, 3.05) is 20.6 Å². The number of aromatic amines is 1. The van der Waals surface area contributed by atoms with Gasteiger partial charge in [-0.15, -0.1) is 0 Å². The minimum Gasteiger partial charge on any atom is -0.358 e. The summed E-state index contributed by atoms with van der Waals surface area (Å²) in [5.41, 5.74) is 5.35. The van der Waals surface area contributed by atoms with E-state index in [9.17, 15) is 4.79 Å². The van der Waals surface area contributed by atoms with Crippen molar-refractivity contribution in [3.05, 3.63) is 57.4 Å². The smallest absolute Gasteiger partial charge is 0.251 e. The minimum absolute atomic E-state index is 0.0303. The lowest BCUT2D eigenvalue weighted by molar-refractivity contribution is 0.0942. The van der Waals surface area contributed by atoms with Gasteiger partial charge in [-0.3, -0.25) is 4.79 Å². The van der Waals surface area contributed by atoms with Crippen LogP contribution in [0, 0.1) is 13.8 Å². The second-order valence-electron chi connectivity index (χ2n) is 6.38. The molecule has 2 N–H and O–H groups in total. The maximum atomic E-state index is 12.6. The molecule has 3 rings (SSSR count). The van der Waals surface area contributed by atoms with Crippen LogP contribution >= 0.6 is 11.3 Å². The number of fused-ring (bicyclic) bond motifs is 1. The van der Waals surface area contributed by atoms with Crippen molar-refractivity contribution in [3.8, 4) is 0 Å². The Bertz CT molecular complexity index is 849. The van der Waals surface area contributed by atoms with Gasteiger partial charge in [0.1, 0.15) is 0 Å². The van der Waals surface area contributed by atoms with Gasteiger partial charge in [0, 0.05) is 28.7 Å². The quantitative estimate of drug-likeness (QED) is 0.740. The highest BCUT2D eigenvalue weighted by molar-refractivity contribution is 7.07. The number of rotatable bonds is 5. The zero-order valence-corrected chi connectivity index (χ0v) is 15.3. The molecule has 0 aliphatic heterocycles. The van der Waals surface area contributed by atoms with Crippen LogP contribution in [0.1, 0.15) is 33.2 Å². The fourth-order valence-corrected chi connectivity index (χ4v) is 3.66. The van der Waals surface area contributed by atoms with Crippen molar-refractivity contribution in [3.63, 3.8) is 0 Å². The topological polar surface area (TPSA) is 48.1 Å². The SMILES string of the molecule is Cc1[nH]c2ccc(C(=O)NC[C@H](c3ccsc3)N(C)C)cc2c1C. The molecule has 0 saturated heterocycles. The molecule has 0 radical (unpaired) electrons. The number of carbonyl (C=O) groups excluding carboxylic acids is 1. The van der Waals surface area contributed by atoms with Crippen LogP contribution in [0.5, 0.6) is 0 Å². The van der Waals surface area contributed by atoms with Crippen LogP contribution in [0.3, 0.4) is 0 Å². The summed E-state index contributed by atoms with van der Waals surface area (Å²) in [6.45, 7) is 4.72. The number of nitrogens with one attached hydrogen (secondary N) is 2. The number of benzene rings is 1. The summed E-state index contributed by atoms with van der Waals surface area (Å²) in [6, 6.07) is 8.12. The monoisotopic (exact) mass is 341 g/mol. The van der Waals surface area contributed by atoms with Crippen molar-refractivity contribution in [2.24, 2.45) is 0 Å². The van der Waals surface area contributed by atoms with Crippen molar-refractivity contribution < 1.29 is 4.79 Å². The molecule has 1 amide bonds. The second kappa shape index (κ2) is 6.79. The Balaban J connectivity index is 1.76. The van der Waals surface area contributed by atoms with Crippen molar-refractivity contribution >= 4 is 28.1 Å². The average molecular weight is 341 g/mol. The molecular formula is C19H23N3OS. The van der Waals surface area contributed by atoms with E-state index in [0.29, 0.717) is 12.1 Å². The van der Waals surface area contributed by atoms with Gasteiger partial charge in [0.05, 0.1) is 6.04 Å². The van der Waals surface area contributed by atoms with Crippen LogP contribution in [0.15, 0.2) is 35.0 Å². The molecule has 1 atom stereocenters. The first-order valence-corrected chi connectivity index (χ1v) is 8.97. The van der Waals surface area contributed by atoms with E-state index in [-0.39, 0.29) is 11.9 Å². The lowest BCUT2D eigenvalue weighted by Gasteiger charge is -2.24. The average Bonchev–Trinajstić information content (AvgIpc) is 3.16. The third-order valence-corrected chi connectivity index (χ3v) is 5.28. The highest BCUT2D eigenvalue weighted by Gasteiger charge is 2.17. The Morgan fingerprint density at radius 2 is 2.08 bits per heavy atom. The summed E-state index contributed by atoms with van der Waals surface area (Å²) in [4.78, 5) is 18.0. The number of amides is 1. The third-order valence-electron chi connectivity index (χ3n) is 4.58. The van der Waals surface area contributed by atoms with Crippen molar-refractivity contribution in [2.45, 2.75) is 19.9 Å². The third kappa shape index (κ3) is 3.23. The van der Waals surface area contributed by atoms with Crippen LogP contribution in [0.2, 0.25) is 0 Å². The van der Waals surface area contributed by atoms with Gasteiger partial charge >= 0.3 is 0 Å². The van der Waals surface area contributed by atoms with E-state index < -0.39 is 0 Å². The number of thiophene rings is 1. The van der Waals surface area contributed by atoms with Gasteiger partial charge in [0.2, 0.25) is 0 Å². The molecule has 2 heterocycles. The number of hydrogen-bond acceptors (Lipinski definition) is 3. The van der Waals surface area contributed by atoms with E-state index in [1.54, 1.807) is 11.3 Å². The number of likely N-dealkylation sites (N-methyl/N-ethyl adjacent to an activating group) is 1. The van der Waals surface area contributed by atoms with Gasteiger partial charge in [0.15, 0.2) is 0 Å². The van der Waals surface area contributed by atoms with E-state index in [1.165, 1.54) is 11.1 Å². The number of H-pyrrole nitrogens is 1. The molecule has 5 heteroatoms. The molecule has 24 heavy (non-hydrogen) atoms. The first kappa shape index (κ1) is 16.7. The Morgan fingerprint density at radius 1 is 1.29 bits per heavy atom. The van der Waals surface area contributed by atoms with Crippen molar-refractivity contribution in [1.82, 2.24) is 15.2 Å². The molecule has 126 valence electrons. The highest BCUT2D eigenvalue weighted by atomic mass is 32.1. The predicted molar refractivity (Wildman–Crippen MR) is 101 cm³/mol. The molecule has 0 aliphatic carbocycles. The molecule has 0 unspecified atom stereocenters. The maximum absolute atomic E-state index is 12.6. The predicted octanol–water partition coefficient (Wildman–Crippen LogP) is 3.88. The normalized spacial score (nSPS) is 12.7. The van der Waals surface area contributed by atoms with Gasteiger partial charge in [0.25, 0.3) is 5.91 Å². The summed E-state index contributed by atoms with van der Waals surface area (Å²) < 4.78 is 0. The zero-order valence-electron chi connectivity index (χ0n) is 14.5.